The van der Waals surface area contributed by atoms with E-state index in [1.165, 1.54) is 6.26 Å². The monoisotopic (exact) mass is 422 g/mol. The number of aromatic nitrogens is 3. The first kappa shape index (κ1) is 19.9. The van der Waals surface area contributed by atoms with Gasteiger partial charge in [-0.1, -0.05) is 6.07 Å². The Morgan fingerprint density at radius 1 is 1.10 bits per heavy atom. The first-order chi connectivity index (χ1) is 14.3. The summed E-state index contributed by atoms with van der Waals surface area (Å²) in [7, 11) is -3.24. The largest absolute Gasteiger partial charge is 0.494 e. The van der Waals surface area contributed by atoms with E-state index in [0.29, 0.717) is 12.6 Å². The van der Waals surface area contributed by atoms with Gasteiger partial charge in [0, 0.05) is 41.5 Å². The maximum atomic E-state index is 11.7. The first-order valence-corrected chi connectivity index (χ1v) is 11.4. The number of benzene rings is 2. The van der Waals surface area contributed by atoms with Crippen LogP contribution in [-0.2, 0) is 9.84 Å². The molecule has 2 aromatic heterocycles. The van der Waals surface area contributed by atoms with Gasteiger partial charge in [-0.2, -0.15) is 4.98 Å². The molecule has 0 aliphatic heterocycles. The lowest BCUT2D eigenvalue weighted by Crippen LogP contribution is -2.01. The predicted molar refractivity (Wildman–Crippen MR) is 118 cm³/mol. The number of fused-ring (bicyclic) bond motifs is 1. The molecule has 0 saturated carbocycles. The molecule has 0 aliphatic rings. The average molecular weight is 423 g/mol. The minimum Gasteiger partial charge on any atom is -0.494 e. The van der Waals surface area contributed by atoms with E-state index in [1.54, 1.807) is 30.5 Å². The van der Waals surface area contributed by atoms with E-state index in [2.05, 4.69) is 15.3 Å². The fourth-order valence-corrected chi connectivity index (χ4v) is 3.79. The van der Waals surface area contributed by atoms with Gasteiger partial charge in [-0.05, 0) is 55.8 Å². The van der Waals surface area contributed by atoms with Gasteiger partial charge in [-0.3, -0.25) is 0 Å². The summed E-state index contributed by atoms with van der Waals surface area (Å²) in [6, 6.07) is 14.5. The second kappa shape index (κ2) is 7.79. The number of anilines is 2. The SMILES string of the molecule is CCOc1cc(Nc2ncc3ccn(-c4ccc(S(C)(=O)=O)cc4)c3n2)ccc1C. The van der Waals surface area contributed by atoms with Crippen LogP contribution in [0.15, 0.2) is 65.8 Å². The molecular weight excluding hydrogens is 400 g/mol. The zero-order valence-corrected chi connectivity index (χ0v) is 17.8. The van der Waals surface area contributed by atoms with Gasteiger partial charge in [0.25, 0.3) is 0 Å². The summed E-state index contributed by atoms with van der Waals surface area (Å²) in [4.78, 5) is 9.34. The van der Waals surface area contributed by atoms with Crippen molar-refractivity contribution in [3.8, 4) is 11.4 Å². The molecule has 0 saturated heterocycles. The van der Waals surface area contributed by atoms with Gasteiger partial charge in [0.05, 0.1) is 11.5 Å². The lowest BCUT2D eigenvalue weighted by atomic mass is 10.2. The number of aryl methyl sites for hydroxylation is 1. The van der Waals surface area contributed by atoms with Gasteiger partial charge in [0.1, 0.15) is 11.4 Å². The van der Waals surface area contributed by atoms with Gasteiger partial charge >= 0.3 is 0 Å². The fourth-order valence-electron chi connectivity index (χ4n) is 3.16. The molecule has 1 N–H and O–H groups in total. The Morgan fingerprint density at radius 2 is 1.87 bits per heavy atom. The lowest BCUT2D eigenvalue weighted by molar-refractivity contribution is 0.338. The molecule has 0 unspecified atom stereocenters. The number of ether oxygens (including phenoxy) is 1. The van der Waals surface area contributed by atoms with Crippen molar-refractivity contribution < 1.29 is 13.2 Å². The third-order valence-corrected chi connectivity index (χ3v) is 5.84. The number of nitrogens with zero attached hydrogens (tertiary/aromatic N) is 3. The van der Waals surface area contributed by atoms with Crippen molar-refractivity contribution in [3.05, 3.63) is 66.5 Å². The standard InChI is InChI=1S/C22H22N4O3S/c1-4-29-20-13-17(6-5-15(20)2)24-22-23-14-16-11-12-26(21(16)25-22)18-7-9-19(10-8-18)30(3,27)28/h5-14H,4H2,1-3H3,(H,23,24,25). The predicted octanol–water partition coefficient (Wildman–Crippen LogP) is 4.27. The van der Waals surface area contributed by atoms with Gasteiger partial charge in [0.15, 0.2) is 9.84 Å². The highest BCUT2D eigenvalue weighted by Gasteiger charge is 2.11. The van der Waals surface area contributed by atoms with Crippen LogP contribution in [0.3, 0.4) is 0 Å². The summed E-state index contributed by atoms with van der Waals surface area (Å²) in [5.74, 6) is 1.28. The van der Waals surface area contributed by atoms with Crippen molar-refractivity contribution in [1.29, 1.82) is 0 Å². The maximum Gasteiger partial charge on any atom is 0.229 e. The van der Waals surface area contributed by atoms with Crippen molar-refractivity contribution >= 4 is 32.5 Å². The molecule has 154 valence electrons. The van der Waals surface area contributed by atoms with Crippen molar-refractivity contribution in [1.82, 2.24) is 14.5 Å². The molecule has 0 spiro atoms. The minimum atomic E-state index is -3.24. The minimum absolute atomic E-state index is 0.282. The molecule has 0 amide bonds. The lowest BCUT2D eigenvalue weighted by Gasteiger charge is -2.11. The van der Waals surface area contributed by atoms with E-state index in [4.69, 9.17) is 4.74 Å². The molecule has 0 radical (unpaired) electrons. The van der Waals surface area contributed by atoms with Crippen LogP contribution >= 0.6 is 0 Å². The Kier molecular flexibility index (Phi) is 5.17. The van der Waals surface area contributed by atoms with Gasteiger partial charge in [0.2, 0.25) is 5.95 Å². The van der Waals surface area contributed by atoms with E-state index >= 15 is 0 Å². The van der Waals surface area contributed by atoms with E-state index in [1.807, 2.05) is 48.9 Å². The molecule has 0 bridgehead atoms. The Morgan fingerprint density at radius 3 is 2.57 bits per heavy atom. The van der Waals surface area contributed by atoms with E-state index in [-0.39, 0.29) is 4.90 Å². The van der Waals surface area contributed by atoms with E-state index in [0.717, 1.165) is 33.7 Å². The Bertz CT molecular complexity index is 1310. The molecular formula is C22H22N4O3S. The van der Waals surface area contributed by atoms with Crippen molar-refractivity contribution in [2.45, 2.75) is 18.7 Å². The normalized spacial score (nSPS) is 11.6. The summed E-state index contributed by atoms with van der Waals surface area (Å²) in [6.07, 6.45) is 4.83. The third kappa shape index (κ3) is 3.99. The highest BCUT2D eigenvalue weighted by Crippen LogP contribution is 2.26. The molecule has 30 heavy (non-hydrogen) atoms. The highest BCUT2D eigenvalue weighted by atomic mass is 32.2. The topological polar surface area (TPSA) is 86.1 Å². The summed E-state index contributed by atoms with van der Waals surface area (Å²) in [5, 5.41) is 4.11. The number of nitrogens with one attached hydrogen (secondary N) is 1. The van der Waals surface area contributed by atoms with E-state index in [9.17, 15) is 8.42 Å². The van der Waals surface area contributed by atoms with Crippen molar-refractivity contribution in [2.75, 3.05) is 18.2 Å². The zero-order chi connectivity index (χ0) is 21.3. The molecule has 2 heterocycles. The second-order valence-corrected chi connectivity index (χ2v) is 8.98. The van der Waals surface area contributed by atoms with Crippen LogP contribution < -0.4 is 10.1 Å². The molecule has 7 nitrogen and oxygen atoms in total. The Balaban J connectivity index is 1.67. The molecule has 8 heteroatoms. The molecule has 0 fully saturated rings. The van der Waals surface area contributed by atoms with Crippen LogP contribution in [0.5, 0.6) is 5.75 Å². The summed E-state index contributed by atoms with van der Waals surface area (Å²) >= 11 is 0. The second-order valence-electron chi connectivity index (χ2n) is 6.96. The molecule has 2 aromatic carbocycles. The van der Waals surface area contributed by atoms with Crippen molar-refractivity contribution in [2.24, 2.45) is 0 Å². The first-order valence-electron chi connectivity index (χ1n) is 9.50. The van der Waals surface area contributed by atoms with Gasteiger partial charge in [-0.15, -0.1) is 0 Å². The fraction of sp³-hybridized carbons (Fsp3) is 0.182. The summed E-state index contributed by atoms with van der Waals surface area (Å²) in [6.45, 7) is 4.55. The molecule has 4 rings (SSSR count). The van der Waals surface area contributed by atoms with Crippen LogP contribution in [0.25, 0.3) is 16.7 Å². The van der Waals surface area contributed by atoms with Crippen molar-refractivity contribution in [3.63, 3.8) is 0 Å². The summed E-state index contributed by atoms with van der Waals surface area (Å²) < 4.78 is 31.0. The van der Waals surface area contributed by atoms with Crippen LogP contribution in [0, 0.1) is 6.92 Å². The molecule has 0 aliphatic carbocycles. The number of rotatable bonds is 6. The summed E-state index contributed by atoms with van der Waals surface area (Å²) in [5.41, 5.74) is 3.43. The highest BCUT2D eigenvalue weighted by molar-refractivity contribution is 7.90. The van der Waals surface area contributed by atoms with Gasteiger partial charge in [-0.25, -0.2) is 13.4 Å². The number of sulfone groups is 1. The van der Waals surface area contributed by atoms with E-state index < -0.39 is 9.84 Å². The molecule has 0 atom stereocenters. The quantitative estimate of drug-likeness (QED) is 0.499. The van der Waals surface area contributed by atoms with Crippen LogP contribution in [0.1, 0.15) is 12.5 Å². The average Bonchev–Trinajstić information content (AvgIpc) is 3.13. The van der Waals surface area contributed by atoms with Crippen LogP contribution in [0.4, 0.5) is 11.6 Å². The maximum absolute atomic E-state index is 11.7. The van der Waals surface area contributed by atoms with Crippen LogP contribution in [-0.4, -0.2) is 35.8 Å². The smallest absolute Gasteiger partial charge is 0.229 e. The Labute approximate surface area is 175 Å². The van der Waals surface area contributed by atoms with Gasteiger partial charge < -0.3 is 14.6 Å². The zero-order valence-electron chi connectivity index (χ0n) is 17.0. The Hall–Kier alpha value is -3.39. The van der Waals surface area contributed by atoms with Crippen LogP contribution in [0.2, 0.25) is 0 Å². The molecule has 4 aromatic rings. The number of hydrogen-bond donors (Lipinski definition) is 1. The third-order valence-electron chi connectivity index (χ3n) is 4.71. The number of hydrogen-bond acceptors (Lipinski definition) is 6.